The molecule has 4 saturated carbocycles. The van der Waals surface area contributed by atoms with Crippen LogP contribution in [0.15, 0.2) is 47.7 Å². The van der Waals surface area contributed by atoms with Crippen LogP contribution in [0.4, 0.5) is 20.3 Å². The molecular formula is C48H57F2N11O6. The molecule has 19 heteroatoms. The van der Waals surface area contributed by atoms with Gasteiger partial charge in [0.25, 0.3) is 12.3 Å². The van der Waals surface area contributed by atoms with Crippen LogP contribution in [0.25, 0.3) is 16.7 Å². The molecule has 0 spiro atoms. The quantitative estimate of drug-likeness (QED) is 0.151. The minimum Gasteiger partial charge on any atom is -0.378 e. The van der Waals surface area contributed by atoms with E-state index in [9.17, 15) is 28.0 Å². The number of aryl methyl sites for hydroxylation is 1. The SMILES string of the molecule is Cn1c(=O)n(C2CCC(=O)NC2=O)c2cccc(C3C[C@]4(COC5CCN(C[C@H]6CC[C@H](n7cc(NC(=O)c8cnn9ccc(N%10C[C@H]%11C[C@@H]%10CO%11)nc89)c(C(F)F)n7)CC6)CC5)C[C@@H]3C4)c21. The Kier molecular flexibility index (Phi) is 10.6. The van der Waals surface area contributed by atoms with Gasteiger partial charge >= 0.3 is 5.69 Å². The lowest BCUT2D eigenvalue weighted by Crippen LogP contribution is -2.44. The number of aromatic nitrogens is 7. The summed E-state index contributed by atoms with van der Waals surface area (Å²) in [6, 6.07) is 7.44. The normalized spacial score (nSPS) is 30.0. The van der Waals surface area contributed by atoms with Crippen molar-refractivity contribution in [1.29, 1.82) is 0 Å². The van der Waals surface area contributed by atoms with E-state index in [4.69, 9.17) is 14.5 Å². The highest BCUT2D eigenvalue weighted by atomic mass is 19.3. The number of halogens is 2. The number of para-hydroxylation sites is 1. The number of ether oxygens (including phenoxy) is 2. The fourth-order valence-corrected chi connectivity index (χ4v) is 13.1. The Bertz CT molecular complexity index is 2810. The van der Waals surface area contributed by atoms with Crippen molar-refractivity contribution in [3.05, 3.63) is 70.2 Å². The molecule has 4 aliphatic carbocycles. The van der Waals surface area contributed by atoms with Crippen molar-refractivity contribution in [3.8, 4) is 0 Å². The first kappa shape index (κ1) is 42.8. The van der Waals surface area contributed by atoms with Crippen LogP contribution < -0.4 is 21.2 Å². The maximum absolute atomic E-state index is 14.4. The molecule has 4 aliphatic heterocycles. The number of carbonyl (C=O) groups excluding carboxylic acids is 3. The predicted octanol–water partition coefficient (Wildman–Crippen LogP) is 5.52. The molecule has 8 aliphatic rings. The van der Waals surface area contributed by atoms with Gasteiger partial charge < -0.3 is 24.6 Å². The zero-order chi connectivity index (χ0) is 45.7. The number of carbonyl (C=O) groups is 3. The highest BCUT2D eigenvalue weighted by Gasteiger charge is 2.57. The van der Waals surface area contributed by atoms with E-state index in [1.54, 1.807) is 33.3 Å². The number of benzene rings is 1. The van der Waals surface area contributed by atoms with Crippen LogP contribution in [0, 0.1) is 17.3 Å². The molecule has 17 nitrogen and oxygen atoms in total. The number of piperidine rings is 2. The highest BCUT2D eigenvalue weighted by molar-refractivity contribution is 6.08. The summed E-state index contributed by atoms with van der Waals surface area (Å²) in [6.07, 6.45) is 12.6. The molecule has 4 saturated heterocycles. The van der Waals surface area contributed by atoms with Crippen LogP contribution in [0.5, 0.6) is 0 Å². The van der Waals surface area contributed by atoms with Gasteiger partial charge in [-0.25, -0.2) is 23.1 Å². The van der Waals surface area contributed by atoms with Crippen LogP contribution in [0.1, 0.15) is 123 Å². The lowest BCUT2D eigenvalue weighted by molar-refractivity contribution is -0.135. The summed E-state index contributed by atoms with van der Waals surface area (Å²) < 4.78 is 47.6. The second-order valence-electron chi connectivity index (χ2n) is 20.6. The van der Waals surface area contributed by atoms with Gasteiger partial charge in [0.05, 0.1) is 60.4 Å². The molecule has 8 fully saturated rings. The van der Waals surface area contributed by atoms with E-state index in [2.05, 4.69) is 36.7 Å². The maximum atomic E-state index is 14.4. The molecule has 2 unspecified atom stereocenters. The summed E-state index contributed by atoms with van der Waals surface area (Å²) in [4.78, 5) is 61.3. The maximum Gasteiger partial charge on any atom is 0.329 e. The Hall–Kier alpha value is -5.53. The Morgan fingerprint density at radius 2 is 1.85 bits per heavy atom. The third-order valence-corrected chi connectivity index (χ3v) is 16.5. The molecule has 4 atom stereocenters. The molecule has 67 heavy (non-hydrogen) atoms. The first-order valence-electron chi connectivity index (χ1n) is 24.3. The summed E-state index contributed by atoms with van der Waals surface area (Å²) >= 11 is 0. The summed E-state index contributed by atoms with van der Waals surface area (Å²) in [5, 5.41) is 13.7. The van der Waals surface area contributed by atoms with Gasteiger partial charge in [-0.1, -0.05) is 12.1 Å². The van der Waals surface area contributed by atoms with Gasteiger partial charge in [-0.2, -0.15) is 10.2 Å². The van der Waals surface area contributed by atoms with Gasteiger partial charge in [0.1, 0.15) is 17.4 Å². The first-order valence-corrected chi connectivity index (χ1v) is 24.3. The Balaban J connectivity index is 0.618. The monoisotopic (exact) mass is 921 g/mol. The Morgan fingerprint density at radius 1 is 1.03 bits per heavy atom. The van der Waals surface area contributed by atoms with E-state index < -0.39 is 30.0 Å². The van der Waals surface area contributed by atoms with Crippen LogP contribution in [-0.2, 0) is 26.1 Å². The summed E-state index contributed by atoms with van der Waals surface area (Å²) in [5.74, 6) is 0.834. The van der Waals surface area contributed by atoms with Gasteiger partial charge in [0, 0.05) is 52.0 Å². The number of hydrogen-bond donors (Lipinski definition) is 2. The molecule has 3 amide bonds. The number of alkyl halides is 2. The molecule has 4 bridgehead atoms. The van der Waals surface area contributed by atoms with Crippen molar-refractivity contribution in [2.45, 2.75) is 120 Å². The lowest BCUT2D eigenvalue weighted by Gasteiger charge is -2.41. The molecule has 8 heterocycles. The number of nitrogens with zero attached hydrogens (tertiary/aromatic N) is 9. The Morgan fingerprint density at radius 3 is 2.60 bits per heavy atom. The molecule has 1 aromatic carbocycles. The van der Waals surface area contributed by atoms with E-state index in [-0.39, 0.29) is 59.0 Å². The highest BCUT2D eigenvalue weighted by Crippen LogP contribution is 2.65. The van der Waals surface area contributed by atoms with E-state index >= 15 is 0 Å². The smallest absolute Gasteiger partial charge is 0.329 e. The van der Waals surface area contributed by atoms with E-state index in [0.29, 0.717) is 36.4 Å². The van der Waals surface area contributed by atoms with E-state index in [1.165, 1.54) is 16.3 Å². The third kappa shape index (κ3) is 7.55. The fraction of sp³-hybridized carbons (Fsp3) is 0.604. The van der Waals surface area contributed by atoms with Crippen molar-refractivity contribution in [2.75, 3.05) is 49.6 Å². The standard InChI is InChI=1S/C48H57F2N11O6/c1-56-42-33(3-2-4-37(42)61(47(56)65)38-9-10-40(62)54-46(38)64)34-20-48(18-28(34)19-48)26-67-31-11-14-57(15-12-31)22-27-5-7-29(8-6-27)60-24-36(41(55-60)43(49)50)52-45(63)35-21-51-59-16-13-39(53-44(35)59)58-23-32-17-30(58)25-66-32/h2-4,13,16,21,24,27-32,34,38,43H,5-12,14-15,17-20,22-23,25-26H2,1H3,(H,52,63)(H,54,62,64)/t27-,28-,29-,30-,32-,34?,38?,48+/m1/s1. The molecule has 2 N–H and O–H groups in total. The van der Waals surface area contributed by atoms with Crippen molar-refractivity contribution in [1.82, 2.24) is 43.7 Å². The number of fused-ring (bicyclic) bond motifs is 5. The summed E-state index contributed by atoms with van der Waals surface area (Å²) in [6.45, 7) is 5.12. The molecule has 0 radical (unpaired) electrons. The first-order chi connectivity index (χ1) is 32.5. The minimum atomic E-state index is -2.85. The number of imidazole rings is 1. The van der Waals surface area contributed by atoms with Crippen molar-refractivity contribution < 1.29 is 32.6 Å². The molecule has 354 valence electrons. The van der Waals surface area contributed by atoms with Crippen molar-refractivity contribution in [3.63, 3.8) is 0 Å². The van der Waals surface area contributed by atoms with Crippen LogP contribution >= 0.6 is 0 Å². The third-order valence-electron chi connectivity index (χ3n) is 16.5. The number of anilines is 2. The number of likely N-dealkylation sites (tertiary alicyclic amines) is 1. The second kappa shape index (κ2) is 16.6. The van der Waals surface area contributed by atoms with E-state index in [0.717, 1.165) is 114 Å². The second-order valence-corrected chi connectivity index (χ2v) is 20.6. The summed E-state index contributed by atoms with van der Waals surface area (Å²) in [5.41, 5.74) is 2.85. The van der Waals surface area contributed by atoms with Gasteiger partial charge in [-0.3, -0.25) is 33.5 Å². The number of morpholine rings is 1. The molecule has 5 aromatic rings. The van der Waals surface area contributed by atoms with E-state index in [1.807, 2.05) is 18.2 Å². The molecular weight excluding hydrogens is 865 g/mol. The molecule has 4 aromatic heterocycles. The number of amides is 3. The zero-order valence-corrected chi connectivity index (χ0v) is 37.7. The fourth-order valence-electron chi connectivity index (χ4n) is 13.1. The van der Waals surface area contributed by atoms with Gasteiger partial charge in [-0.15, -0.1) is 0 Å². The van der Waals surface area contributed by atoms with Crippen molar-refractivity contribution in [2.24, 2.45) is 24.3 Å². The zero-order valence-electron chi connectivity index (χ0n) is 37.7. The van der Waals surface area contributed by atoms with Crippen LogP contribution in [0.2, 0.25) is 0 Å². The van der Waals surface area contributed by atoms with Crippen LogP contribution in [0.3, 0.4) is 0 Å². The number of nitrogens with one attached hydrogen (secondary N) is 2. The number of hydrogen-bond acceptors (Lipinski definition) is 11. The summed E-state index contributed by atoms with van der Waals surface area (Å²) in [7, 11) is 1.78. The van der Waals surface area contributed by atoms with Crippen molar-refractivity contribution >= 4 is 45.9 Å². The average molecular weight is 922 g/mol. The minimum absolute atomic E-state index is 0.00571. The number of imide groups is 1. The van der Waals surface area contributed by atoms with Gasteiger partial charge in [0.2, 0.25) is 11.8 Å². The largest absolute Gasteiger partial charge is 0.378 e. The Labute approximate surface area is 385 Å². The predicted molar refractivity (Wildman–Crippen MR) is 241 cm³/mol. The van der Waals surface area contributed by atoms with Gasteiger partial charge in [0.15, 0.2) is 11.3 Å². The van der Waals surface area contributed by atoms with Gasteiger partial charge in [-0.05, 0) is 111 Å². The number of rotatable bonds is 12. The molecule has 13 rings (SSSR count). The average Bonchev–Trinajstić information content (AvgIpc) is 4.20. The topological polar surface area (TPSA) is 175 Å². The lowest BCUT2D eigenvalue weighted by atomic mass is 9.69. The van der Waals surface area contributed by atoms with Crippen LogP contribution in [-0.4, -0.2) is 114 Å².